The Balaban J connectivity index is 2.13. The quantitative estimate of drug-likeness (QED) is 0.943. The van der Waals surface area contributed by atoms with Gasteiger partial charge >= 0.3 is 0 Å². The van der Waals surface area contributed by atoms with E-state index in [4.69, 9.17) is 4.74 Å². The third-order valence-electron chi connectivity index (χ3n) is 2.49. The zero-order valence-electron chi connectivity index (χ0n) is 9.88. The number of aromatic nitrogens is 2. The Hall–Kier alpha value is -1.46. The second-order valence-corrected chi connectivity index (χ2v) is 4.75. The van der Waals surface area contributed by atoms with E-state index in [1.54, 1.807) is 31.6 Å². The molecule has 0 saturated carbocycles. The van der Waals surface area contributed by atoms with Crippen molar-refractivity contribution in [2.45, 2.75) is 12.5 Å². The lowest BCUT2D eigenvalue weighted by atomic mass is 10.1. The van der Waals surface area contributed by atoms with Crippen molar-refractivity contribution >= 4 is 15.9 Å². The highest BCUT2D eigenvalue weighted by atomic mass is 79.9. The van der Waals surface area contributed by atoms with Gasteiger partial charge in [0, 0.05) is 29.4 Å². The molecule has 0 aliphatic rings. The van der Waals surface area contributed by atoms with Crippen molar-refractivity contribution in [3.05, 3.63) is 52.4 Å². The van der Waals surface area contributed by atoms with Crippen molar-refractivity contribution in [3.63, 3.8) is 0 Å². The van der Waals surface area contributed by atoms with Gasteiger partial charge in [-0.25, -0.2) is 4.98 Å². The Bertz CT molecular complexity index is 534. The summed E-state index contributed by atoms with van der Waals surface area (Å²) in [6.07, 6.45) is 3.23. The van der Waals surface area contributed by atoms with Gasteiger partial charge in [-0.05, 0) is 33.6 Å². The zero-order chi connectivity index (χ0) is 13.0. The van der Waals surface area contributed by atoms with Crippen LogP contribution in [0.5, 0.6) is 5.88 Å². The minimum atomic E-state index is -0.670. The van der Waals surface area contributed by atoms with E-state index in [1.807, 2.05) is 12.1 Å². The molecule has 0 amide bonds. The van der Waals surface area contributed by atoms with Crippen LogP contribution in [0.2, 0.25) is 0 Å². The molecule has 1 unspecified atom stereocenters. The molecule has 0 saturated heterocycles. The van der Waals surface area contributed by atoms with Gasteiger partial charge in [0.15, 0.2) is 0 Å². The number of aliphatic hydroxyl groups is 1. The number of methoxy groups -OCH3 is 1. The monoisotopic (exact) mass is 308 g/mol. The van der Waals surface area contributed by atoms with Crippen LogP contribution < -0.4 is 4.74 Å². The summed E-state index contributed by atoms with van der Waals surface area (Å²) in [7, 11) is 1.55. The highest BCUT2D eigenvalue weighted by molar-refractivity contribution is 9.10. The van der Waals surface area contributed by atoms with Crippen LogP contribution in [0.4, 0.5) is 0 Å². The van der Waals surface area contributed by atoms with Gasteiger partial charge in [0.1, 0.15) is 6.10 Å². The van der Waals surface area contributed by atoms with Crippen LogP contribution in [0, 0.1) is 0 Å². The van der Waals surface area contributed by atoms with Gasteiger partial charge in [-0.3, -0.25) is 4.98 Å². The standard InChI is InChI=1S/C13H13BrN2O2/c1-18-13-4-2-3-11(16-13)12(17)6-9-5-10(14)8-15-7-9/h2-5,7-8,12,17H,6H2,1H3. The van der Waals surface area contributed by atoms with Crippen molar-refractivity contribution < 1.29 is 9.84 Å². The van der Waals surface area contributed by atoms with Crippen LogP contribution in [0.25, 0.3) is 0 Å². The molecule has 0 radical (unpaired) electrons. The van der Waals surface area contributed by atoms with Crippen molar-refractivity contribution in [1.82, 2.24) is 9.97 Å². The summed E-state index contributed by atoms with van der Waals surface area (Å²) in [6.45, 7) is 0. The van der Waals surface area contributed by atoms with Crippen LogP contribution in [-0.2, 0) is 6.42 Å². The fraction of sp³-hybridized carbons (Fsp3) is 0.231. The molecule has 0 spiro atoms. The summed E-state index contributed by atoms with van der Waals surface area (Å²) in [5, 5.41) is 10.1. The summed E-state index contributed by atoms with van der Waals surface area (Å²) in [6, 6.07) is 7.26. The lowest BCUT2D eigenvalue weighted by Gasteiger charge is -2.11. The van der Waals surface area contributed by atoms with E-state index in [1.165, 1.54) is 0 Å². The maximum absolute atomic E-state index is 10.1. The molecular formula is C13H13BrN2O2. The molecule has 0 fully saturated rings. The largest absolute Gasteiger partial charge is 0.481 e. The highest BCUT2D eigenvalue weighted by Crippen LogP contribution is 2.20. The molecule has 18 heavy (non-hydrogen) atoms. The maximum atomic E-state index is 10.1. The number of rotatable bonds is 4. The second kappa shape index (κ2) is 5.93. The molecule has 0 aliphatic carbocycles. The number of hydrogen-bond donors (Lipinski definition) is 1. The SMILES string of the molecule is COc1cccc(C(O)Cc2cncc(Br)c2)n1. The van der Waals surface area contributed by atoms with E-state index < -0.39 is 6.10 Å². The van der Waals surface area contributed by atoms with E-state index >= 15 is 0 Å². The van der Waals surface area contributed by atoms with E-state index in [9.17, 15) is 5.11 Å². The molecule has 5 heteroatoms. The zero-order valence-corrected chi connectivity index (χ0v) is 11.5. The molecule has 1 N–H and O–H groups in total. The molecule has 1 atom stereocenters. The molecule has 2 rings (SSSR count). The number of halogens is 1. The first-order valence-corrected chi connectivity index (χ1v) is 6.27. The number of pyridine rings is 2. The van der Waals surface area contributed by atoms with Crippen LogP contribution in [-0.4, -0.2) is 22.2 Å². The van der Waals surface area contributed by atoms with Crippen molar-refractivity contribution in [1.29, 1.82) is 0 Å². The lowest BCUT2D eigenvalue weighted by molar-refractivity contribution is 0.172. The van der Waals surface area contributed by atoms with Gasteiger partial charge in [-0.1, -0.05) is 6.07 Å². The summed E-state index contributed by atoms with van der Waals surface area (Å²) >= 11 is 3.35. The molecule has 0 aromatic carbocycles. The third kappa shape index (κ3) is 3.27. The van der Waals surface area contributed by atoms with Gasteiger partial charge in [-0.2, -0.15) is 0 Å². The lowest BCUT2D eigenvalue weighted by Crippen LogP contribution is -2.05. The fourth-order valence-corrected chi connectivity index (χ4v) is 2.04. The molecule has 2 aromatic rings. The van der Waals surface area contributed by atoms with Crippen molar-refractivity contribution in [2.75, 3.05) is 7.11 Å². The van der Waals surface area contributed by atoms with E-state index in [2.05, 4.69) is 25.9 Å². The summed E-state index contributed by atoms with van der Waals surface area (Å²) in [5.74, 6) is 0.499. The molecule has 2 aromatic heterocycles. The molecule has 2 heterocycles. The molecule has 4 nitrogen and oxygen atoms in total. The van der Waals surface area contributed by atoms with Gasteiger partial charge in [0.25, 0.3) is 0 Å². The molecule has 94 valence electrons. The van der Waals surface area contributed by atoms with Crippen LogP contribution in [0.3, 0.4) is 0 Å². The second-order valence-electron chi connectivity index (χ2n) is 3.84. The van der Waals surface area contributed by atoms with Gasteiger partial charge < -0.3 is 9.84 Å². The first-order chi connectivity index (χ1) is 8.69. The first-order valence-electron chi connectivity index (χ1n) is 5.47. The minimum Gasteiger partial charge on any atom is -0.481 e. The Morgan fingerprint density at radius 2 is 2.22 bits per heavy atom. The Kier molecular flexibility index (Phi) is 4.28. The Morgan fingerprint density at radius 3 is 2.94 bits per heavy atom. The summed E-state index contributed by atoms with van der Waals surface area (Å²) in [4.78, 5) is 8.27. The van der Waals surface area contributed by atoms with Gasteiger partial charge in [0.2, 0.25) is 5.88 Å². The number of hydrogen-bond acceptors (Lipinski definition) is 4. The molecule has 0 aliphatic heterocycles. The Morgan fingerprint density at radius 1 is 1.39 bits per heavy atom. The molecular weight excluding hydrogens is 296 g/mol. The maximum Gasteiger partial charge on any atom is 0.213 e. The van der Waals surface area contributed by atoms with E-state index in [0.29, 0.717) is 18.0 Å². The number of aliphatic hydroxyl groups excluding tert-OH is 1. The normalized spacial score (nSPS) is 12.2. The van der Waals surface area contributed by atoms with Gasteiger partial charge in [0.05, 0.1) is 12.8 Å². The minimum absolute atomic E-state index is 0.465. The van der Waals surface area contributed by atoms with Crippen LogP contribution in [0.15, 0.2) is 41.1 Å². The van der Waals surface area contributed by atoms with Crippen molar-refractivity contribution in [3.8, 4) is 5.88 Å². The number of nitrogens with zero attached hydrogens (tertiary/aromatic N) is 2. The summed E-state index contributed by atoms with van der Waals surface area (Å²) < 4.78 is 5.93. The van der Waals surface area contributed by atoms with Crippen LogP contribution in [0.1, 0.15) is 17.4 Å². The third-order valence-corrected chi connectivity index (χ3v) is 2.92. The first kappa shape index (κ1) is 13.0. The smallest absolute Gasteiger partial charge is 0.213 e. The van der Waals surface area contributed by atoms with Gasteiger partial charge in [-0.15, -0.1) is 0 Å². The summed E-state index contributed by atoms with van der Waals surface area (Å²) in [5.41, 5.74) is 1.54. The van der Waals surface area contributed by atoms with E-state index in [0.717, 1.165) is 10.0 Å². The van der Waals surface area contributed by atoms with Crippen LogP contribution >= 0.6 is 15.9 Å². The van der Waals surface area contributed by atoms with Crippen molar-refractivity contribution in [2.24, 2.45) is 0 Å². The Labute approximate surface area is 114 Å². The molecule has 0 bridgehead atoms. The fourth-order valence-electron chi connectivity index (χ4n) is 1.63. The predicted molar refractivity (Wildman–Crippen MR) is 71.4 cm³/mol. The van der Waals surface area contributed by atoms with E-state index in [-0.39, 0.29) is 0 Å². The predicted octanol–water partition coefficient (Wildman–Crippen LogP) is 2.52. The number of ether oxygens (including phenoxy) is 1. The average molecular weight is 309 g/mol. The highest BCUT2D eigenvalue weighted by Gasteiger charge is 2.11. The topological polar surface area (TPSA) is 55.2 Å². The average Bonchev–Trinajstić information content (AvgIpc) is 2.39.